The Morgan fingerprint density at radius 2 is 1.82 bits per heavy atom. The van der Waals surface area contributed by atoms with Crippen molar-refractivity contribution < 1.29 is 18.3 Å². The van der Waals surface area contributed by atoms with E-state index in [1.54, 1.807) is 37.4 Å². The van der Waals surface area contributed by atoms with Crippen LogP contribution in [-0.4, -0.2) is 14.7 Å². The highest BCUT2D eigenvalue weighted by Crippen LogP contribution is 2.37. The van der Waals surface area contributed by atoms with E-state index in [2.05, 4.69) is 4.98 Å². The lowest BCUT2D eigenvalue weighted by Crippen LogP contribution is -2.23. The molecule has 0 aliphatic carbocycles. The SMILES string of the molecule is Cc1cnc2c(c1)c1oc(=O)c(Sc3cccc(F)c3)c(O)c1c(=O)n2Cc1ccc(F)cc1. The Balaban J connectivity index is 1.79. The molecule has 0 saturated carbocycles. The van der Waals surface area contributed by atoms with Gasteiger partial charge in [-0.1, -0.05) is 30.0 Å². The minimum Gasteiger partial charge on any atom is -0.505 e. The van der Waals surface area contributed by atoms with Crippen molar-refractivity contribution in [2.24, 2.45) is 0 Å². The molecule has 170 valence electrons. The van der Waals surface area contributed by atoms with Gasteiger partial charge in [-0.3, -0.25) is 9.36 Å². The summed E-state index contributed by atoms with van der Waals surface area (Å²) in [5, 5.41) is 11.2. The van der Waals surface area contributed by atoms with Crippen molar-refractivity contribution in [2.45, 2.75) is 23.3 Å². The summed E-state index contributed by atoms with van der Waals surface area (Å²) in [4.78, 5) is 30.8. The van der Waals surface area contributed by atoms with E-state index < -0.39 is 28.6 Å². The van der Waals surface area contributed by atoms with Crippen molar-refractivity contribution in [2.75, 3.05) is 0 Å². The molecule has 0 spiro atoms. The largest absolute Gasteiger partial charge is 0.505 e. The molecule has 3 heterocycles. The molecule has 0 radical (unpaired) electrons. The van der Waals surface area contributed by atoms with E-state index in [4.69, 9.17) is 4.42 Å². The van der Waals surface area contributed by atoms with Crippen LogP contribution < -0.4 is 11.2 Å². The Kier molecular flexibility index (Phi) is 5.41. The molecule has 5 rings (SSSR count). The molecule has 2 aromatic carbocycles. The highest BCUT2D eigenvalue weighted by molar-refractivity contribution is 7.99. The highest BCUT2D eigenvalue weighted by Gasteiger charge is 2.23. The van der Waals surface area contributed by atoms with Crippen LogP contribution in [0.1, 0.15) is 11.1 Å². The molecule has 0 saturated heterocycles. The minimum atomic E-state index is -0.863. The number of hydrogen-bond donors (Lipinski definition) is 1. The van der Waals surface area contributed by atoms with E-state index in [0.29, 0.717) is 15.8 Å². The van der Waals surface area contributed by atoms with E-state index in [1.807, 2.05) is 0 Å². The monoisotopic (exact) mass is 478 g/mol. The molecule has 9 heteroatoms. The summed E-state index contributed by atoms with van der Waals surface area (Å²) in [7, 11) is 0. The first-order valence-corrected chi connectivity index (χ1v) is 11.0. The summed E-state index contributed by atoms with van der Waals surface area (Å²) in [6.07, 6.45) is 1.57. The van der Waals surface area contributed by atoms with Crippen LogP contribution in [0.2, 0.25) is 0 Å². The van der Waals surface area contributed by atoms with Crippen molar-refractivity contribution >= 4 is 33.8 Å². The van der Waals surface area contributed by atoms with Gasteiger partial charge in [-0.15, -0.1) is 0 Å². The van der Waals surface area contributed by atoms with Gasteiger partial charge in [0.25, 0.3) is 5.56 Å². The normalized spacial score (nSPS) is 11.4. The molecule has 34 heavy (non-hydrogen) atoms. The summed E-state index contributed by atoms with van der Waals surface area (Å²) in [6, 6.07) is 12.8. The third kappa shape index (κ3) is 3.84. The third-order valence-corrected chi connectivity index (χ3v) is 6.35. The van der Waals surface area contributed by atoms with E-state index in [0.717, 1.165) is 17.3 Å². The standard InChI is InChI=1S/C25H16F2N2O4S/c1-13-9-18-21-19(20(30)22(25(32)33-21)34-17-4-2-3-16(27)10-17)24(31)29(23(18)28-11-13)12-14-5-7-15(26)8-6-14/h2-11,30H,12H2,1H3. The van der Waals surface area contributed by atoms with Crippen molar-refractivity contribution in [3.63, 3.8) is 0 Å². The Morgan fingerprint density at radius 1 is 1.06 bits per heavy atom. The van der Waals surface area contributed by atoms with Gasteiger partial charge < -0.3 is 9.52 Å². The lowest BCUT2D eigenvalue weighted by Gasteiger charge is -2.14. The molecule has 1 N–H and O–H groups in total. The Labute approximate surface area is 195 Å². The van der Waals surface area contributed by atoms with Crippen LogP contribution in [0.5, 0.6) is 5.75 Å². The Hall–Kier alpha value is -3.98. The molecule has 0 unspecified atom stereocenters. The highest BCUT2D eigenvalue weighted by atomic mass is 32.2. The van der Waals surface area contributed by atoms with E-state index in [9.17, 15) is 23.5 Å². The molecule has 0 amide bonds. The summed E-state index contributed by atoms with van der Waals surface area (Å²) < 4.78 is 33.8. The van der Waals surface area contributed by atoms with Gasteiger partial charge >= 0.3 is 5.63 Å². The predicted octanol–water partition coefficient (Wildman–Crippen LogP) is 4.99. The predicted molar refractivity (Wildman–Crippen MR) is 124 cm³/mol. The van der Waals surface area contributed by atoms with Gasteiger partial charge in [0.05, 0.1) is 11.9 Å². The fourth-order valence-corrected chi connectivity index (χ4v) is 4.61. The van der Waals surface area contributed by atoms with Gasteiger partial charge in [-0.25, -0.2) is 18.6 Å². The zero-order valence-electron chi connectivity index (χ0n) is 17.7. The Morgan fingerprint density at radius 3 is 2.56 bits per heavy atom. The van der Waals surface area contributed by atoms with Gasteiger partial charge in [0, 0.05) is 11.1 Å². The van der Waals surface area contributed by atoms with Gasteiger partial charge in [0.2, 0.25) is 0 Å². The van der Waals surface area contributed by atoms with Gasteiger partial charge in [-0.05, 0) is 54.4 Å². The smallest absolute Gasteiger partial charge is 0.354 e. The molecule has 6 nitrogen and oxygen atoms in total. The number of hydrogen-bond acceptors (Lipinski definition) is 6. The number of halogens is 2. The third-order valence-electron chi connectivity index (χ3n) is 5.29. The molecule has 0 aliphatic rings. The number of aromatic nitrogens is 2. The molecule has 0 atom stereocenters. The number of aryl methyl sites for hydroxylation is 1. The average Bonchev–Trinajstić information content (AvgIpc) is 2.80. The van der Waals surface area contributed by atoms with Crippen molar-refractivity contribution in [1.82, 2.24) is 9.55 Å². The maximum absolute atomic E-state index is 13.6. The number of pyridine rings is 2. The number of fused-ring (bicyclic) bond motifs is 3. The van der Waals surface area contributed by atoms with Crippen LogP contribution in [-0.2, 0) is 6.54 Å². The Bertz CT molecular complexity index is 1700. The number of nitrogens with zero attached hydrogens (tertiary/aromatic N) is 2. The first-order chi connectivity index (χ1) is 16.3. The number of rotatable bonds is 4. The zero-order chi connectivity index (χ0) is 24.0. The summed E-state index contributed by atoms with van der Waals surface area (Å²) in [5.41, 5.74) is 0.0559. The van der Waals surface area contributed by atoms with Crippen molar-refractivity contribution in [1.29, 1.82) is 0 Å². The lowest BCUT2D eigenvalue weighted by molar-refractivity contribution is 0.446. The van der Waals surface area contributed by atoms with E-state index in [1.165, 1.54) is 34.9 Å². The summed E-state index contributed by atoms with van der Waals surface area (Å²) >= 11 is 0.797. The molecule has 3 aromatic heterocycles. The van der Waals surface area contributed by atoms with Crippen LogP contribution in [0.4, 0.5) is 8.78 Å². The molecule has 0 aliphatic heterocycles. The quantitative estimate of drug-likeness (QED) is 0.366. The van der Waals surface area contributed by atoms with Crippen LogP contribution in [0, 0.1) is 18.6 Å². The fourth-order valence-electron chi connectivity index (χ4n) is 3.73. The van der Waals surface area contributed by atoms with Crippen molar-refractivity contribution in [3.8, 4) is 5.75 Å². The minimum absolute atomic E-state index is 0.0482. The first-order valence-electron chi connectivity index (χ1n) is 10.2. The molecule has 0 bridgehead atoms. The second-order valence-electron chi connectivity index (χ2n) is 7.73. The molecular weight excluding hydrogens is 462 g/mol. The van der Waals surface area contributed by atoms with Crippen LogP contribution in [0.15, 0.2) is 84.6 Å². The summed E-state index contributed by atoms with van der Waals surface area (Å²) in [6.45, 7) is 1.84. The number of benzene rings is 2. The first kappa shape index (κ1) is 21.8. The lowest BCUT2D eigenvalue weighted by atomic mass is 10.1. The van der Waals surface area contributed by atoms with E-state index >= 15 is 0 Å². The summed E-state index contributed by atoms with van der Waals surface area (Å²) in [5.74, 6) is -1.47. The van der Waals surface area contributed by atoms with Crippen LogP contribution >= 0.6 is 11.8 Å². The second-order valence-corrected chi connectivity index (χ2v) is 8.82. The van der Waals surface area contributed by atoms with Gasteiger partial charge in [0.1, 0.15) is 27.6 Å². The molecule has 0 fully saturated rings. The van der Waals surface area contributed by atoms with Gasteiger partial charge in [-0.2, -0.15) is 0 Å². The van der Waals surface area contributed by atoms with Gasteiger partial charge in [0.15, 0.2) is 11.3 Å². The second kappa shape index (κ2) is 8.42. The average molecular weight is 478 g/mol. The molecular formula is C25H16F2N2O4S. The number of aromatic hydroxyl groups is 1. The zero-order valence-corrected chi connectivity index (χ0v) is 18.5. The molecule has 5 aromatic rings. The maximum Gasteiger partial charge on any atom is 0.354 e. The van der Waals surface area contributed by atoms with E-state index in [-0.39, 0.29) is 28.1 Å². The van der Waals surface area contributed by atoms with Crippen LogP contribution in [0.3, 0.4) is 0 Å². The maximum atomic E-state index is 13.6. The topological polar surface area (TPSA) is 85.3 Å². The van der Waals surface area contributed by atoms with Crippen molar-refractivity contribution in [3.05, 3.63) is 104 Å². The van der Waals surface area contributed by atoms with Crippen LogP contribution in [0.25, 0.3) is 22.0 Å². The fraction of sp³-hybridized carbons (Fsp3) is 0.0800.